The van der Waals surface area contributed by atoms with Gasteiger partial charge in [-0.25, -0.2) is 13.4 Å². The van der Waals surface area contributed by atoms with Gasteiger partial charge in [0.15, 0.2) is 15.7 Å². The van der Waals surface area contributed by atoms with Crippen LogP contribution in [0.25, 0.3) is 22.6 Å². The zero-order valence-corrected chi connectivity index (χ0v) is 23.4. The summed E-state index contributed by atoms with van der Waals surface area (Å²) in [5, 5.41) is 0. The minimum Gasteiger partial charge on any atom is -0.338 e. The van der Waals surface area contributed by atoms with Gasteiger partial charge in [0.05, 0.1) is 16.2 Å². The van der Waals surface area contributed by atoms with Gasteiger partial charge in [0.25, 0.3) is 11.8 Å². The van der Waals surface area contributed by atoms with Gasteiger partial charge in [-0.3, -0.25) is 14.6 Å². The molecule has 0 spiro atoms. The summed E-state index contributed by atoms with van der Waals surface area (Å²) in [6.45, 7) is 8.09. The third kappa shape index (κ3) is 4.62. The zero-order valence-electron chi connectivity index (χ0n) is 22.6. The summed E-state index contributed by atoms with van der Waals surface area (Å²) in [7, 11) is -1.91. The third-order valence-corrected chi connectivity index (χ3v) is 8.84. The average Bonchev–Trinajstić information content (AvgIpc) is 3.58. The van der Waals surface area contributed by atoms with Crippen LogP contribution in [0, 0.1) is 12.8 Å². The molecule has 1 saturated carbocycles. The molecule has 9 nitrogen and oxygen atoms in total. The summed E-state index contributed by atoms with van der Waals surface area (Å²) in [5.41, 5.74) is 3.94. The zero-order chi connectivity index (χ0) is 27.5. The number of sulfone groups is 1. The smallest absolute Gasteiger partial charge is 0.272 e. The molecule has 0 saturated heterocycles. The van der Waals surface area contributed by atoms with E-state index in [1.54, 1.807) is 42.1 Å². The maximum atomic E-state index is 13.3. The van der Waals surface area contributed by atoms with Gasteiger partial charge in [0, 0.05) is 38.1 Å². The number of nitrogens with zero attached hydrogens (tertiary/aromatic N) is 4. The van der Waals surface area contributed by atoms with Crippen molar-refractivity contribution in [3.63, 3.8) is 0 Å². The van der Waals surface area contributed by atoms with Crippen molar-refractivity contribution in [2.75, 3.05) is 13.3 Å². The molecule has 1 N–H and O–H groups in total. The van der Waals surface area contributed by atoms with Gasteiger partial charge < -0.3 is 14.8 Å². The average molecular weight is 536 g/mol. The second-order valence-corrected chi connectivity index (χ2v) is 12.8. The minimum absolute atomic E-state index is 0.0361. The normalized spacial score (nSPS) is 16.2. The van der Waals surface area contributed by atoms with E-state index in [1.165, 1.54) is 0 Å². The van der Waals surface area contributed by atoms with Gasteiger partial charge in [-0.2, -0.15) is 0 Å². The van der Waals surface area contributed by atoms with Crippen LogP contribution in [0.2, 0.25) is 0 Å². The Hall–Kier alpha value is -3.53. The monoisotopic (exact) mass is 535 g/mol. The van der Waals surface area contributed by atoms with Crippen LogP contribution in [0.4, 0.5) is 0 Å². The highest BCUT2D eigenvalue weighted by atomic mass is 32.2. The van der Waals surface area contributed by atoms with Crippen LogP contribution < -0.4 is 0 Å². The van der Waals surface area contributed by atoms with Gasteiger partial charge in [0.1, 0.15) is 11.4 Å². The fourth-order valence-corrected chi connectivity index (χ4v) is 5.93. The Kier molecular flexibility index (Phi) is 6.41. The van der Waals surface area contributed by atoms with Crippen LogP contribution in [0.3, 0.4) is 0 Å². The van der Waals surface area contributed by atoms with E-state index in [9.17, 15) is 18.0 Å². The number of carbonyl (C=O) groups is 2. The Bertz CT molecular complexity index is 1560. The Morgan fingerprint density at radius 2 is 1.87 bits per heavy atom. The second-order valence-electron chi connectivity index (χ2n) is 10.8. The number of carbonyl (C=O) groups excluding carboxylic acids is 2. The number of amides is 2. The molecule has 1 fully saturated rings. The molecular weight excluding hydrogens is 502 g/mol. The van der Waals surface area contributed by atoms with E-state index in [0.717, 1.165) is 30.2 Å². The topological polar surface area (TPSA) is 116 Å². The summed E-state index contributed by atoms with van der Waals surface area (Å²) in [5.74, 6) is 0.565. The van der Waals surface area contributed by atoms with Crippen LogP contribution in [-0.4, -0.2) is 70.4 Å². The highest BCUT2D eigenvalue weighted by Gasteiger charge is 2.40. The first-order chi connectivity index (χ1) is 17.9. The molecule has 1 atom stereocenters. The molecule has 1 aromatic carbocycles. The Balaban J connectivity index is 1.54. The Morgan fingerprint density at radius 3 is 2.50 bits per heavy atom. The van der Waals surface area contributed by atoms with Gasteiger partial charge in [-0.15, -0.1) is 0 Å². The van der Waals surface area contributed by atoms with Crippen molar-refractivity contribution in [2.45, 2.75) is 64.1 Å². The molecule has 10 heteroatoms. The largest absolute Gasteiger partial charge is 0.338 e. The van der Waals surface area contributed by atoms with Gasteiger partial charge in [0.2, 0.25) is 0 Å². The van der Waals surface area contributed by atoms with Crippen molar-refractivity contribution < 1.29 is 18.0 Å². The van der Waals surface area contributed by atoms with E-state index in [-0.39, 0.29) is 34.4 Å². The molecule has 5 rings (SSSR count). The SMILES string of the molecule is Cc1nc(-c2cc(-c3cc4c(c(S(C)(=O)=O)c3)C(=O)N(C(C)C3CC3)C4)ccn2)[nH]c1C(=O)N(C)C(C)C. The first kappa shape index (κ1) is 26.1. The standard InChI is InChI=1S/C28H33N5O4S/c1-15(2)32(5)28(35)25-16(3)30-26(31-25)22-12-19(9-10-29-22)20-11-21-14-33(17(4)18-7-8-18)27(34)24(21)23(13-20)38(6,36)37/h9-13,15,17-18H,7-8,14H2,1-6H3,(H,30,31). The quantitative estimate of drug-likeness (QED) is 0.487. The second kappa shape index (κ2) is 9.34. The highest BCUT2D eigenvalue weighted by Crippen LogP contribution is 2.41. The van der Waals surface area contributed by atoms with Gasteiger partial charge in [-0.1, -0.05) is 0 Å². The van der Waals surface area contributed by atoms with Crippen molar-refractivity contribution in [1.82, 2.24) is 24.8 Å². The first-order valence-corrected chi connectivity index (χ1v) is 14.7. The van der Waals surface area contributed by atoms with E-state index >= 15 is 0 Å². The van der Waals surface area contributed by atoms with Crippen LogP contribution >= 0.6 is 0 Å². The summed E-state index contributed by atoms with van der Waals surface area (Å²) in [6, 6.07) is 7.21. The lowest BCUT2D eigenvalue weighted by Crippen LogP contribution is -2.35. The predicted molar refractivity (Wildman–Crippen MR) is 144 cm³/mol. The van der Waals surface area contributed by atoms with Crippen molar-refractivity contribution in [3.05, 3.63) is 53.0 Å². The lowest BCUT2D eigenvalue weighted by Gasteiger charge is -2.24. The number of rotatable bonds is 7. The Labute approximate surface area is 223 Å². The number of aryl methyl sites for hydroxylation is 1. The van der Waals surface area contributed by atoms with Crippen LogP contribution in [-0.2, 0) is 16.4 Å². The molecule has 1 aliphatic carbocycles. The molecule has 3 aromatic rings. The van der Waals surface area contributed by atoms with Crippen molar-refractivity contribution in [1.29, 1.82) is 0 Å². The number of benzene rings is 1. The molecule has 1 aliphatic heterocycles. The molecule has 2 aromatic heterocycles. The minimum atomic E-state index is -3.66. The molecule has 38 heavy (non-hydrogen) atoms. The maximum Gasteiger partial charge on any atom is 0.272 e. The number of hydrogen-bond donors (Lipinski definition) is 1. The number of nitrogens with one attached hydrogen (secondary N) is 1. The number of aromatic nitrogens is 3. The van der Waals surface area contributed by atoms with E-state index in [4.69, 9.17) is 0 Å². The van der Waals surface area contributed by atoms with E-state index in [0.29, 0.717) is 40.9 Å². The number of aromatic amines is 1. The van der Waals surface area contributed by atoms with Crippen molar-refractivity contribution in [3.8, 4) is 22.6 Å². The molecule has 3 heterocycles. The molecular formula is C28H33N5O4S. The van der Waals surface area contributed by atoms with E-state index in [2.05, 4.69) is 15.0 Å². The van der Waals surface area contributed by atoms with Crippen LogP contribution in [0.15, 0.2) is 35.4 Å². The lowest BCUT2D eigenvalue weighted by atomic mass is 10.0. The molecule has 2 amide bonds. The maximum absolute atomic E-state index is 13.3. The van der Waals surface area contributed by atoms with Gasteiger partial charge >= 0.3 is 0 Å². The third-order valence-electron chi connectivity index (χ3n) is 7.72. The molecule has 0 bridgehead atoms. The molecule has 2 aliphatic rings. The van der Waals surface area contributed by atoms with Gasteiger partial charge in [-0.05, 0) is 87.4 Å². The van der Waals surface area contributed by atoms with Crippen LogP contribution in [0.5, 0.6) is 0 Å². The number of pyridine rings is 1. The predicted octanol–water partition coefficient (Wildman–Crippen LogP) is 4.09. The number of imidazole rings is 1. The lowest BCUT2D eigenvalue weighted by molar-refractivity contribution is 0.0693. The van der Waals surface area contributed by atoms with E-state index in [1.807, 2.05) is 32.9 Å². The summed E-state index contributed by atoms with van der Waals surface area (Å²) < 4.78 is 25.6. The number of H-pyrrole nitrogens is 1. The summed E-state index contributed by atoms with van der Waals surface area (Å²) >= 11 is 0. The molecule has 200 valence electrons. The van der Waals surface area contributed by atoms with Crippen molar-refractivity contribution in [2.24, 2.45) is 5.92 Å². The fraction of sp³-hybridized carbons (Fsp3) is 0.429. The molecule has 1 unspecified atom stereocenters. The number of fused-ring (bicyclic) bond motifs is 1. The summed E-state index contributed by atoms with van der Waals surface area (Å²) in [4.78, 5) is 41.8. The highest BCUT2D eigenvalue weighted by molar-refractivity contribution is 7.90. The van der Waals surface area contributed by atoms with E-state index < -0.39 is 9.84 Å². The Morgan fingerprint density at radius 1 is 1.16 bits per heavy atom. The first-order valence-electron chi connectivity index (χ1n) is 12.8. The number of hydrogen-bond acceptors (Lipinski definition) is 6. The summed E-state index contributed by atoms with van der Waals surface area (Å²) in [6.07, 6.45) is 4.96. The molecule has 0 radical (unpaired) electrons. The fourth-order valence-electron chi connectivity index (χ4n) is 5.00. The van der Waals surface area contributed by atoms with Crippen LogP contribution in [0.1, 0.15) is 65.7 Å². The van der Waals surface area contributed by atoms with Crippen molar-refractivity contribution >= 4 is 21.7 Å².